The first-order valence-electron chi connectivity index (χ1n) is 6.48. The number of aryl methyl sites for hydroxylation is 2. The number of carbonyl (C=O) groups excluding carboxylic acids is 1. The van der Waals surface area contributed by atoms with Crippen LogP contribution in [-0.2, 0) is 7.05 Å². The van der Waals surface area contributed by atoms with E-state index in [4.69, 9.17) is 5.73 Å². The van der Waals surface area contributed by atoms with Gasteiger partial charge in [-0.1, -0.05) is 0 Å². The number of hydrogen-bond acceptors (Lipinski definition) is 3. The quantitative estimate of drug-likeness (QED) is 0.808. The van der Waals surface area contributed by atoms with E-state index in [1.807, 2.05) is 25.8 Å². The van der Waals surface area contributed by atoms with Crippen LogP contribution in [0.25, 0.3) is 0 Å². The summed E-state index contributed by atoms with van der Waals surface area (Å²) in [5.74, 6) is 0.0949. The number of rotatable bonds is 1. The monoisotopic (exact) mass is 250 g/mol. The molecule has 2 N–H and O–H groups in total. The molecule has 2 unspecified atom stereocenters. The van der Waals surface area contributed by atoms with Gasteiger partial charge in [0, 0.05) is 31.4 Å². The normalized spacial score (nSPS) is 24.4. The highest BCUT2D eigenvalue weighted by Crippen LogP contribution is 2.21. The average molecular weight is 250 g/mol. The highest BCUT2D eigenvalue weighted by atomic mass is 16.2. The summed E-state index contributed by atoms with van der Waals surface area (Å²) in [4.78, 5) is 14.5. The summed E-state index contributed by atoms with van der Waals surface area (Å²) in [5, 5.41) is 4.31. The lowest BCUT2D eigenvalue weighted by Gasteiger charge is -2.36. The Bertz CT molecular complexity index is 466. The van der Waals surface area contributed by atoms with Gasteiger partial charge in [0.2, 0.25) is 0 Å². The fraction of sp³-hybridized carbons (Fsp3) is 0.692. The van der Waals surface area contributed by atoms with Crippen LogP contribution < -0.4 is 5.73 Å². The molecule has 0 aromatic carbocycles. The number of hydrogen-bond donors (Lipinski definition) is 1. The van der Waals surface area contributed by atoms with Gasteiger partial charge in [0.15, 0.2) is 0 Å². The van der Waals surface area contributed by atoms with Crippen molar-refractivity contribution in [3.8, 4) is 0 Å². The van der Waals surface area contributed by atoms with Gasteiger partial charge in [-0.2, -0.15) is 5.10 Å². The maximum Gasteiger partial charge on any atom is 0.257 e. The van der Waals surface area contributed by atoms with Crippen LogP contribution in [0.15, 0.2) is 0 Å². The molecule has 18 heavy (non-hydrogen) atoms. The Morgan fingerprint density at radius 1 is 1.44 bits per heavy atom. The van der Waals surface area contributed by atoms with Crippen LogP contribution in [0.5, 0.6) is 0 Å². The van der Waals surface area contributed by atoms with Crippen LogP contribution in [0.3, 0.4) is 0 Å². The fourth-order valence-electron chi connectivity index (χ4n) is 2.74. The number of amides is 1. The summed E-state index contributed by atoms with van der Waals surface area (Å²) in [6, 6.07) is 0.431. The molecule has 0 spiro atoms. The van der Waals surface area contributed by atoms with Crippen LogP contribution in [0.2, 0.25) is 0 Å². The van der Waals surface area contributed by atoms with Gasteiger partial charge >= 0.3 is 0 Å². The predicted octanol–water partition coefficient (Wildman–Crippen LogP) is 0.989. The molecular weight excluding hydrogens is 228 g/mol. The Hall–Kier alpha value is -1.36. The molecular formula is C13H22N4O. The van der Waals surface area contributed by atoms with Crippen LogP contribution in [0, 0.1) is 13.8 Å². The van der Waals surface area contributed by atoms with E-state index in [1.54, 1.807) is 4.68 Å². The predicted molar refractivity (Wildman–Crippen MR) is 70.4 cm³/mol. The molecule has 5 heteroatoms. The summed E-state index contributed by atoms with van der Waals surface area (Å²) in [6.07, 6.45) is 1.76. The van der Waals surface area contributed by atoms with E-state index in [-0.39, 0.29) is 18.0 Å². The molecule has 100 valence electrons. The first-order chi connectivity index (χ1) is 8.41. The van der Waals surface area contributed by atoms with Gasteiger partial charge in [-0.3, -0.25) is 9.48 Å². The third-order valence-electron chi connectivity index (χ3n) is 3.90. The Morgan fingerprint density at radius 3 is 2.61 bits per heavy atom. The molecule has 5 nitrogen and oxygen atoms in total. The second-order valence-electron chi connectivity index (χ2n) is 5.30. The van der Waals surface area contributed by atoms with E-state index in [0.717, 1.165) is 36.3 Å². The highest BCUT2D eigenvalue weighted by Gasteiger charge is 2.30. The van der Waals surface area contributed by atoms with Gasteiger partial charge in [0.05, 0.1) is 11.3 Å². The maximum atomic E-state index is 12.6. The van der Waals surface area contributed by atoms with Gasteiger partial charge < -0.3 is 10.6 Å². The van der Waals surface area contributed by atoms with Crippen molar-refractivity contribution in [2.75, 3.05) is 6.54 Å². The molecule has 0 saturated carbocycles. The summed E-state index contributed by atoms with van der Waals surface area (Å²) < 4.78 is 1.77. The minimum absolute atomic E-state index is 0.0949. The zero-order chi connectivity index (χ0) is 13.4. The molecule has 1 fully saturated rings. The molecule has 2 atom stereocenters. The number of nitrogens with zero attached hydrogens (tertiary/aromatic N) is 3. The van der Waals surface area contributed by atoms with Gasteiger partial charge in [0.25, 0.3) is 5.91 Å². The number of carbonyl (C=O) groups is 1. The number of piperidine rings is 1. The first-order valence-corrected chi connectivity index (χ1v) is 6.48. The van der Waals surface area contributed by atoms with E-state index in [0.29, 0.717) is 0 Å². The van der Waals surface area contributed by atoms with Gasteiger partial charge in [-0.15, -0.1) is 0 Å². The molecule has 1 saturated heterocycles. The zero-order valence-corrected chi connectivity index (χ0v) is 11.6. The lowest BCUT2D eigenvalue weighted by molar-refractivity contribution is 0.0617. The van der Waals surface area contributed by atoms with Crippen molar-refractivity contribution in [1.82, 2.24) is 14.7 Å². The third kappa shape index (κ3) is 2.14. The molecule has 1 aliphatic heterocycles. The van der Waals surface area contributed by atoms with Gasteiger partial charge in [-0.05, 0) is 33.6 Å². The summed E-state index contributed by atoms with van der Waals surface area (Å²) in [7, 11) is 1.87. The maximum absolute atomic E-state index is 12.6. The Morgan fingerprint density at radius 2 is 2.11 bits per heavy atom. The fourth-order valence-corrected chi connectivity index (χ4v) is 2.74. The topological polar surface area (TPSA) is 64.2 Å². The molecule has 1 aliphatic rings. The van der Waals surface area contributed by atoms with Crippen molar-refractivity contribution in [3.63, 3.8) is 0 Å². The van der Waals surface area contributed by atoms with Crippen molar-refractivity contribution in [2.24, 2.45) is 12.8 Å². The van der Waals surface area contributed by atoms with E-state index in [1.165, 1.54) is 0 Å². The number of nitrogens with two attached hydrogens (primary N) is 1. The molecule has 1 amide bonds. The van der Waals surface area contributed by atoms with Crippen LogP contribution in [-0.4, -0.2) is 39.2 Å². The number of likely N-dealkylation sites (tertiary alicyclic amines) is 1. The Balaban J connectivity index is 2.26. The highest BCUT2D eigenvalue weighted by molar-refractivity contribution is 5.96. The van der Waals surface area contributed by atoms with Crippen LogP contribution in [0.4, 0.5) is 0 Å². The van der Waals surface area contributed by atoms with E-state index in [2.05, 4.69) is 12.0 Å². The Kier molecular flexibility index (Phi) is 3.43. The third-order valence-corrected chi connectivity index (χ3v) is 3.90. The largest absolute Gasteiger partial charge is 0.336 e. The molecule has 2 heterocycles. The lowest BCUT2D eigenvalue weighted by atomic mass is 9.98. The zero-order valence-electron chi connectivity index (χ0n) is 11.6. The number of aromatic nitrogens is 2. The SMILES string of the molecule is Cc1nn(C)c(C)c1C(=O)N1CCC(N)CC1C. The van der Waals surface area contributed by atoms with Crippen molar-refractivity contribution < 1.29 is 4.79 Å². The van der Waals surface area contributed by atoms with Gasteiger partial charge in [0.1, 0.15) is 0 Å². The molecule has 0 aliphatic carbocycles. The summed E-state index contributed by atoms with van der Waals surface area (Å²) in [5.41, 5.74) is 8.42. The van der Waals surface area contributed by atoms with E-state index >= 15 is 0 Å². The standard InChI is InChI=1S/C13H22N4O/c1-8-7-11(14)5-6-17(8)13(18)12-9(2)15-16(4)10(12)3/h8,11H,5-7,14H2,1-4H3. The van der Waals surface area contributed by atoms with Crippen LogP contribution in [0.1, 0.15) is 41.5 Å². The second kappa shape index (κ2) is 4.72. The van der Waals surface area contributed by atoms with Crippen molar-refractivity contribution >= 4 is 5.91 Å². The summed E-state index contributed by atoms with van der Waals surface area (Å²) >= 11 is 0. The van der Waals surface area contributed by atoms with Crippen LogP contribution >= 0.6 is 0 Å². The minimum Gasteiger partial charge on any atom is -0.336 e. The second-order valence-corrected chi connectivity index (χ2v) is 5.30. The van der Waals surface area contributed by atoms with Crippen molar-refractivity contribution in [1.29, 1.82) is 0 Å². The first kappa shape index (κ1) is 13.1. The lowest BCUT2D eigenvalue weighted by Crippen LogP contribution is -2.48. The summed E-state index contributed by atoms with van der Waals surface area (Å²) in [6.45, 7) is 6.64. The molecule has 2 rings (SSSR count). The molecule has 1 aromatic heterocycles. The van der Waals surface area contributed by atoms with Gasteiger partial charge in [-0.25, -0.2) is 0 Å². The molecule has 0 radical (unpaired) electrons. The Labute approximate surface area is 108 Å². The average Bonchev–Trinajstić information content (AvgIpc) is 2.52. The molecule has 0 bridgehead atoms. The van der Waals surface area contributed by atoms with E-state index < -0.39 is 0 Å². The van der Waals surface area contributed by atoms with Crippen molar-refractivity contribution in [2.45, 2.75) is 45.7 Å². The molecule has 1 aromatic rings. The smallest absolute Gasteiger partial charge is 0.257 e. The van der Waals surface area contributed by atoms with Crippen molar-refractivity contribution in [3.05, 3.63) is 17.0 Å². The minimum atomic E-state index is 0.0949. The van der Waals surface area contributed by atoms with E-state index in [9.17, 15) is 4.79 Å².